The molecule has 0 atom stereocenters. The van der Waals surface area contributed by atoms with Crippen LogP contribution in [0.1, 0.15) is 11.3 Å². The van der Waals surface area contributed by atoms with Gasteiger partial charge in [0, 0.05) is 66.5 Å². The summed E-state index contributed by atoms with van der Waals surface area (Å²) in [4.78, 5) is 10.9. The minimum Gasteiger partial charge on any atom is -0.474 e. The highest BCUT2D eigenvalue weighted by Crippen LogP contribution is 2.39. The molecule has 6 rings (SSSR count). The van der Waals surface area contributed by atoms with E-state index in [1.165, 1.54) is 18.5 Å². The van der Waals surface area contributed by atoms with E-state index in [9.17, 15) is 0 Å². The van der Waals surface area contributed by atoms with Gasteiger partial charge in [-0.15, -0.1) is 0 Å². The van der Waals surface area contributed by atoms with Gasteiger partial charge in [-0.25, -0.2) is 18.7 Å². The number of hydrogen-bond acceptors (Lipinski definition) is 7. The fourth-order valence-electron chi connectivity index (χ4n) is 4.73. The summed E-state index contributed by atoms with van der Waals surface area (Å²) in [7, 11) is 2.10. The molecule has 2 N–H and O–H groups in total. The van der Waals surface area contributed by atoms with Gasteiger partial charge in [-0.05, 0) is 31.7 Å². The van der Waals surface area contributed by atoms with E-state index in [-0.39, 0.29) is 10.9 Å². The van der Waals surface area contributed by atoms with Crippen LogP contribution in [0.5, 0.6) is 5.88 Å². The third kappa shape index (κ3) is 3.83. The van der Waals surface area contributed by atoms with Crippen molar-refractivity contribution in [3.8, 4) is 17.0 Å². The molecule has 35 heavy (non-hydrogen) atoms. The van der Waals surface area contributed by atoms with Gasteiger partial charge >= 0.3 is 0 Å². The van der Waals surface area contributed by atoms with E-state index in [0.717, 1.165) is 31.7 Å². The molecule has 0 saturated carbocycles. The minimum atomic E-state index is -0.665. The van der Waals surface area contributed by atoms with Gasteiger partial charge < -0.3 is 20.3 Å². The smallest absolute Gasteiger partial charge is 0.237 e. The van der Waals surface area contributed by atoms with Crippen LogP contribution in [-0.2, 0) is 13.0 Å². The third-order valence-corrected chi connectivity index (χ3v) is 6.69. The second kappa shape index (κ2) is 8.46. The highest BCUT2D eigenvalue weighted by molar-refractivity contribution is 5.91. The number of nitrogens with one attached hydrogen (secondary N) is 2. The van der Waals surface area contributed by atoms with Crippen LogP contribution in [0.2, 0.25) is 0 Å². The van der Waals surface area contributed by atoms with Crippen molar-refractivity contribution in [3.63, 3.8) is 0 Å². The lowest BCUT2D eigenvalue weighted by molar-refractivity contribution is 0.310. The van der Waals surface area contributed by atoms with E-state index < -0.39 is 11.6 Å². The van der Waals surface area contributed by atoms with Crippen molar-refractivity contribution in [1.82, 2.24) is 24.6 Å². The average molecular weight is 478 g/mol. The molecular formula is C25H25F2N7O. The maximum atomic E-state index is 15.8. The highest BCUT2D eigenvalue weighted by Gasteiger charge is 2.23. The van der Waals surface area contributed by atoms with Gasteiger partial charge in [-0.3, -0.25) is 4.68 Å². The summed E-state index contributed by atoms with van der Waals surface area (Å²) in [5, 5.41) is 11.7. The zero-order valence-electron chi connectivity index (χ0n) is 19.5. The number of likely N-dealkylation sites (N-methyl/N-ethyl adjacent to an activating group) is 1. The molecule has 8 nitrogen and oxygen atoms in total. The number of rotatable bonds is 3. The van der Waals surface area contributed by atoms with Crippen molar-refractivity contribution in [2.24, 2.45) is 0 Å². The summed E-state index contributed by atoms with van der Waals surface area (Å²) in [6.07, 6.45) is 3.84. The van der Waals surface area contributed by atoms with E-state index in [0.29, 0.717) is 52.9 Å². The molecular weight excluding hydrogens is 452 g/mol. The van der Waals surface area contributed by atoms with Crippen molar-refractivity contribution in [2.75, 3.05) is 43.9 Å². The maximum absolute atomic E-state index is 15.8. The second-order valence-corrected chi connectivity index (χ2v) is 9.01. The molecule has 5 heterocycles. The van der Waals surface area contributed by atoms with Gasteiger partial charge in [0.05, 0.1) is 12.1 Å². The minimum absolute atomic E-state index is 0.118. The maximum Gasteiger partial charge on any atom is 0.237 e. The Morgan fingerprint density at radius 3 is 2.83 bits per heavy atom. The van der Waals surface area contributed by atoms with Crippen LogP contribution in [0.25, 0.3) is 21.9 Å². The van der Waals surface area contributed by atoms with Crippen LogP contribution in [0.4, 0.5) is 26.1 Å². The number of nitrogens with zero attached hydrogens (tertiary/aromatic N) is 5. The number of halogens is 2. The Hall–Kier alpha value is -3.79. The van der Waals surface area contributed by atoms with E-state index in [1.807, 2.05) is 10.7 Å². The molecule has 0 saturated heterocycles. The Balaban J connectivity index is 1.38. The molecule has 10 heteroatoms. The van der Waals surface area contributed by atoms with E-state index in [2.05, 4.69) is 37.6 Å². The number of hydrogen-bond donors (Lipinski definition) is 2. The van der Waals surface area contributed by atoms with Crippen molar-refractivity contribution in [1.29, 1.82) is 0 Å². The van der Waals surface area contributed by atoms with Gasteiger partial charge in [0.15, 0.2) is 5.82 Å². The third-order valence-electron chi connectivity index (χ3n) is 6.69. The first-order valence-electron chi connectivity index (χ1n) is 11.6. The van der Waals surface area contributed by atoms with Crippen molar-refractivity contribution < 1.29 is 13.5 Å². The molecule has 0 aliphatic carbocycles. The van der Waals surface area contributed by atoms with E-state index in [1.54, 1.807) is 13.0 Å². The lowest BCUT2D eigenvalue weighted by Gasteiger charge is -2.22. The number of pyridine rings is 2. The highest BCUT2D eigenvalue weighted by atomic mass is 19.1. The molecule has 0 fully saturated rings. The second-order valence-electron chi connectivity index (χ2n) is 9.01. The van der Waals surface area contributed by atoms with Crippen LogP contribution < -0.4 is 15.4 Å². The Morgan fingerprint density at radius 2 is 1.94 bits per heavy atom. The Bertz CT molecular complexity index is 1430. The zero-order chi connectivity index (χ0) is 24.1. The molecule has 3 aromatic heterocycles. The summed E-state index contributed by atoms with van der Waals surface area (Å²) >= 11 is 0. The SMILES string of the molecule is Cc1c(-c2c(F)cc3cnc(Nc4cc5n(n4)CCN(C)CC5)cc3c2F)cnc2c1NCCO2. The fourth-order valence-corrected chi connectivity index (χ4v) is 4.73. The lowest BCUT2D eigenvalue weighted by atomic mass is 9.97. The lowest BCUT2D eigenvalue weighted by Crippen LogP contribution is -2.21. The van der Waals surface area contributed by atoms with Crippen LogP contribution in [-0.4, -0.2) is 57.9 Å². The molecule has 0 unspecified atom stereocenters. The first-order valence-corrected chi connectivity index (χ1v) is 11.6. The quantitative estimate of drug-likeness (QED) is 0.460. The first kappa shape index (κ1) is 21.7. The largest absolute Gasteiger partial charge is 0.474 e. The predicted octanol–water partition coefficient (Wildman–Crippen LogP) is 4.12. The Morgan fingerprint density at radius 1 is 1.06 bits per heavy atom. The molecule has 0 radical (unpaired) electrons. The van der Waals surface area contributed by atoms with Crippen LogP contribution >= 0.6 is 0 Å². The van der Waals surface area contributed by atoms with Crippen LogP contribution in [0.3, 0.4) is 0 Å². The standard InChI is InChI=1S/C25H25F2N7O/c1-14-18(13-30-25-24(14)28-4-8-35-25)22-19(26)9-15-12-29-20(11-17(15)23(22)27)31-21-10-16-3-5-33(2)6-7-34(16)32-21/h9-13,28H,3-8H2,1-2H3,(H,29,31,32). The Kier molecular flexibility index (Phi) is 5.25. The molecule has 0 amide bonds. The molecule has 2 aliphatic rings. The number of benzene rings is 1. The zero-order valence-corrected chi connectivity index (χ0v) is 19.5. The summed E-state index contributed by atoms with van der Waals surface area (Å²) in [6.45, 7) is 5.62. The van der Waals surface area contributed by atoms with Crippen LogP contribution in [0, 0.1) is 18.6 Å². The monoisotopic (exact) mass is 477 g/mol. The van der Waals surface area contributed by atoms with E-state index in [4.69, 9.17) is 4.74 Å². The van der Waals surface area contributed by atoms with E-state index >= 15 is 8.78 Å². The number of anilines is 3. The van der Waals surface area contributed by atoms with Gasteiger partial charge in [0.1, 0.15) is 29.7 Å². The molecule has 0 spiro atoms. The van der Waals surface area contributed by atoms with Gasteiger partial charge in [-0.2, -0.15) is 5.10 Å². The summed E-state index contributed by atoms with van der Waals surface area (Å²) in [5.74, 6) is 0.215. The summed E-state index contributed by atoms with van der Waals surface area (Å²) < 4.78 is 38.5. The van der Waals surface area contributed by atoms with Crippen molar-refractivity contribution >= 4 is 28.1 Å². The van der Waals surface area contributed by atoms with Gasteiger partial charge in [0.2, 0.25) is 5.88 Å². The number of fused-ring (bicyclic) bond motifs is 3. The fraction of sp³-hybridized carbons (Fsp3) is 0.320. The molecule has 180 valence electrons. The topological polar surface area (TPSA) is 80.1 Å². The van der Waals surface area contributed by atoms with Crippen molar-refractivity contribution in [3.05, 3.63) is 53.5 Å². The molecule has 4 aromatic rings. The first-order chi connectivity index (χ1) is 17.0. The molecule has 1 aromatic carbocycles. The predicted molar refractivity (Wildman–Crippen MR) is 130 cm³/mol. The van der Waals surface area contributed by atoms with Gasteiger partial charge in [-0.1, -0.05) is 0 Å². The molecule has 0 bridgehead atoms. The molecule has 2 aliphatic heterocycles. The summed E-state index contributed by atoms with van der Waals surface area (Å²) in [5.41, 5.74) is 2.75. The van der Waals surface area contributed by atoms with Gasteiger partial charge in [0.25, 0.3) is 0 Å². The summed E-state index contributed by atoms with van der Waals surface area (Å²) in [6, 6.07) is 4.89. The average Bonchev–Trinajstić information content (AvgIpc) is 3.16. The normalized spacial score (nSPS) is 15.7. The van der Waals surface area contributed by atoms with Crippen molar-refractivity contribution in [2.45, 2.75) is 19.9 Å². The Labute approximate surface area is 200 Å². The number of aromatic nitrogens is 4. The number of ether oxygens (including phenoxy) is 1. The van der Waals surface area contributed by atoms with Crippen LogP contribution in [0.15, 0.2) is 30.6 Å².